The monoisotopic (exact) mass is 544 g/mol. The number of carbonyl (C=O) groups excluding carboxylic acids is 2. The third-order valence-corrected chi connectivity index (χ3v) is 6.93. The molecule has 2 aromatic carbocycles. The minimum atomic E-state index is -0.604. The Morgan fingerprint density at radius 3 is 2.30 bits per heavy atom. The highest BCUT2D eigenvalue weighted by molar-refractivity contribution is 5.83. The molecule has 1 aliphatic rings. The van der Waals surface area contributed by atoms with Crippen LogP contribution in [-0.2, 0) is 27.4 Å². The summed E-state index contributed by atoms with van der Waals surface area (Å²) in [4.78, 5) is 35.2. The Hall–Kier alpha value is -4.48. The number of hydrogen-bond donors (Lipinski definition) is 1. The van der Waals surface area contributed by atoms with E-state index in [1.165, 1.54) is 18.9 Å². The first kappa shape index (κ1) is 27.1. The van der Waals surface area contributed by atoms with Crippen molar-refractivity contribution in [3.8, 4) is 22.5 Å². The van der Waals surface area contributed by atoms with Crippen molar-refractivity contribution < 1.29 is 23.5 Å². The summed E-state index contributed by atoms with van der Waals surface area (Å²) in [5.41, 5.74) is 4.98. The summed E-state index contributed by atoms with van der Waals surface area (Å²) in [5.74, 6) is -0.529. The molecular formula is C29H29FN6O4. The van der Waals surface area contributed by atoms with Gasteiger partial charge in [-0.05, 0) is 48.7 Å². The zero-order valence-electron chi connectivity index (χ0n) is 22.6. The quantitative estimate of drug-likeness (QED) is 0.347. The number of ether oxygens (including phenoxy) is 2. The van der Waals surface area contributed by atoms with Gasteiger partial charge in [0.1, 0.15) is 12.2 Å². The van der Waals surface area contributed by atoms with E-state index in [2.05, 4.69) is 20.4 Å². The fourth-order valence-corrected chi connectivity index (χ4v) is 4.40. The first-order valence-corrected chi connectivity index (χ1v) is 12.7. The maximum atomic E-state index is 14.7. The molecule has 10 nitrogen and oxygen atoms in total. The van der Waals surface area contributed by atoms with Gasteiger partial charge in [0.15, 0.2) is 17.5 Å². The number of nitrogens with zero attached hydrogens (tertiary/aromatic N) is 5. The van der Waals surface area contributed by atoms with E-state index in [1.54, 1.807) is 43.3 Å². The number of halogens is 1. The molecule has 40 heavy (non-hydrogen) atoms. The molecule has 0 radical (unpaired) electrons. The predicted molar refractivity (Wildman–Crippen MR) is 146 cm³/mol. The number of fused-ring (bicyclic) bond motifs is 1. The molecule has 0 saturated heterocycles. The minimum Gasteiger partial charge on any atom is -0.372 e. The van der Waals surface area contributed by atoms with Gasteiger partial charge in [-0.25, -0.2) is 19.0 Å². The van der Waals surface area contributed by atoms with Gasteiger partial charge in [-0.3, -0.25) is 9.59 Å². The molecule has 1 aliphatic heterocycles. The summed E-state index contributed by atoms with van der Waals surface area (Å²) in [6.07, 6.45) is 3.26. The van der Waals surface area contributed by atoms with E-state index in [0.29, 0.717) is 24.6 Å². The number of carbonyl (C=O) groups is 2. The lowest BCUT2D eigenvalue weighted by atomic mass is 10.1. The molecule has 2 unspecified atom stereocenters. The van der Waals surface area contributed by atoms with Crippen LogP contribution in [0.3, 0.4) is 0 Å². The molecule has 1 amide bonds. The Kier molecular flexibility index (Phi) is 7.67. The van der Waals surface area contributed by atoms with E-state index in [1.807, 2.05) is 30.3 Å². The number of amides is 1. The number of benzene rings is 2. The van der Waals surface area contributed by atoms with Crippen LogP contribution in [-0.4, -0.2) is 62.9 Å². The van der Waals surface area contributed by atoms with E-state index in [4.69, 9.17) is 9.47 Å². The lowest BCUT2D eigenvalue weighted by molar-refractivity contribution is -0.141. The van der Waals surface area contributed by atoms with Gasteiger partial charge in [-0.15, -0.1) is 0 Å². The predicted octanol–water partition coefficient (Wildman–Crippen LogP) is 4.44. The second-order valence-corrected chi connectivity index (χ2v) is 9.54. The van der Waals surface area contributed by atoms with Gasteiger partial charge >= 0.3 is 0 Å². The van der Waals surface area contributed by atoms with Crippen molar-refractivity contribution >= 4 is 23.3 Å². The highest BCUT2D eigenvalue weighted by atomic mass is 19.1. The Labute approximate surface area is 230 Å². The highest BCUT2D eigenvalue weighted by Gasteiger charge is 2.27. The maximum absolute atomic E-state index is 14.7. The molecule has 5 rings (SSSR count). The van der Waals surface area contributed by atoms with Crippen molar-refractivity contribution in [2.45, 2.75) is 39.1 Å². The van der Waals surface area contributed by atoms with E-state index in [0.717, 1.165) is 34.0 Å². The number of rotatable bonds is 8. The van der Waals surface area contributed by atoms with Crippen LogP contribution in [0.2, 0.25) is 0 Å². The largest absolute Gasteiger partial charge is 0.372 e. The molecule has 2 atom stereocenters. The molecule has 0 saturated carbocycles. The molecule has 0 bridgehead atoms. The van der Waals surface area contributed by atoms with Gasteiger partial charge in [-0.1, -0.05) is 24.3 Å². The van der Waals surface area contributed by atoms with Gasteiger partial charge < -0.3 is 19.7 Å². The highest BCUT2D eigenvalue weighted by Crippen LogP contribution is 2.29. The van der Waals surface area contributed by atoms with Crippen molar-refractivity contribution in [3.63, 3.8) is 0 Å². The summed E-state index contributed by atoms with van der Waals surface area (Å²) in [5, 5.41) is 7.14. The van der Waals surface area contributed by atoms with Gasteiger partial charge in [-0.2, -0.15) is 5.10 Å². The van der Waals surface area contributed by atoms with Crippen LogP contribution < -0.4 is 5.32 Å². The first-order chi connectivity index (χ1) is 19.3. The Morgan fingerprint density at radius 1 is 0.900 bits per heavy atom. The fraction of sp³-hybridized carbons (Fsp3) is 0.276. The van der Waals surface area contributed by atoms with Crippen molar-refractivity contribution in [1.82, 2.24) is 24.6 Å². The number of aromatic nitrogens is 4. The number of anilines is 2. The SMILES string of the molecule is COC(C)C(=O)N1Cc2ccc(-c3ncc(F)c(Nc4ccc(-c5cnn(C(=O)C(C)OC)c5)cc4)n3)cc2C1. The smallest absolute Gasteiger partial charge is 0.275 e. The zero-order chi connectivity index (χ0) is 28.4. The summed E-state index contributed by atoms with van der Waals surface area (Å²) in [7, 11) is 2.98. The van der Waals surface area contributed by atoms with Gasteiger partial charge in [0.25, 0.3) is 11.8 Å². The topological polar surface area (TPSA) is 111 Å². The number of hydrogen-bond acceptors (Lipinski definition) is 8. The molecule has 4 aromatic rings. The van der Waals surface area contributed by atoms with Crippen LogP contribution >= 0.6 is 0 Å². The molecule has 11 heteroatoms. The Balaban J connectivity index is 1.31. The zero-order valence-corrected chi connectivity index (χ0v) is 22.6. The fourth-order valence-electron chi connectivity index (χ4n) is 4.40. The average Bonchev–Trinajstić information content (AvgIpc) is 3.64. The van der Waals surface area contributed by atoms with Crippen LogP contribution in [0, 0.1) is 5.82 Å². The van der Waals surface area contributed by atoms with Gasteiger partial charge in [0.2, 0.25) is 0 Å². The summed E-state index contributed by atoms with van der Waals surface area (Å²) in [6, 6.07) is 13.0. The van der Waals surface area contributed by atoms with Crippen molar-refractivity contribution in [3.05, 3.63) is 78.0 Å². The molecule has 0 fully saturated rings. The molecular weight excluding hydrogens is 515 g/mol. The molecule has 2 aromatic heterocycles. The molecule has 206 valence electrons. The maximum Gasteiger partial charge on any atom is 0.275 e. The van der Waals surface area contributed by atoms with Crippen molar-refractivity contribution in [1.29, 1.82) is 0 Å². The summed E-state index contributed by atoms with van der Waals surface area (Å²) >= 11 is 0. The lowest BCUT2D eigenvalue weighted by Gasteiger charge is -2.19. The first-order valence-electron chi connectivity index (χ1n) is 12.7. The van der Waals surface area contributed by atoms with Crippen LogP contribution in [0.5, 0.6) is 0 Å². The van der Waals surface area contributed by atoms with Gasteiger partial charge in [0, 0.05) is 50.3 Å². The molecule has 3 heterocycles. The van der Waals surface area contributed by atoms with Crippen LogP contribution in [0.4, 0.5) is 15.9 Å². The van der Waals surface area contributed by atoms with Crippen LogP contribution in [0.25, 0.3) is 22.5 Å². The number of nitrogens with one attached hydrogen (secondary N) is 1. The third kappa shape index (κ3) is 5.47. The molecule has 0 aliphatic carbocycles. The van der Waals surface area contributed by atoms with Gasteiger partial charge in [0.05, 0.1) is 12.4 Å². The molecule has 0 spiro atoms. The van der Waals surface area contributed by atoms with Crippen LogP contribution in [0.1, 0.15) is 29.8 Å². The Morgan fingerprint density at radius 2 is 1.57 bits per heavy atom. The van der Waals surface area contributed by atoms with Crippen molar-refractivity contribution in [2.24, 2.45) is 0 Å². The normalized spacial score (nSPS) is 14.1. The van der Waals surface area contributed by atoms with E-state index in [-0.39, 0.29) is 17.6 Å². The minimum absolute atomic E-state index is 0.0379. The van der Waals surface area contributed by atoms with E-state index in [9.17, 15) is 14.0 Å². The molecule has 1 N–H and O–H groups in total. The van der Waals surface area contributed by atoms with Crippen LogP contribution in [0.15, 0.2) is 61.1 Å². The number of methoxy groups -OCH3 is 2. The summed E-state index contributed by atoms with van der Waals surface area (Å²) in [6.45, 7) is 4.36. The van der Waals surface area contributed by atoms with E-state index >= 15 is 0 Å². The second-order valence-electron chi connectivity index (χ2n) is 9.54. The van der Waals surface area contributed by atoms with Crippen molar-refractivity contribution in [2.75, 3.05) is 19.5 Å². The average molecular weight is 545 g/mol. The standard InChI is InChI=1S/C29H29FN6O4/c1-17(39-3)28(37)35-14-21-6-5-20(11-22(21)15-35)26-31-13-25(30)27(34-26)33-24-9-7-19(8-10-24)23-12-32-36(16-23)29(38)18(2)40-4/h5-13,16-18H,14-15H2,1-4H3,(H,31,33,34). The third-order valence-electron chi connectivity index (χ3n) is 6.93. The second kappa shape index (κ2) is 11.3. The van der Waals surface area contributed by atoms with E-state index < -0.39 is 18.0 Å². The lowest BCUT2D eigenvalue weighted by Crippen LogP contribution is -2.34. The summed E-state index contributed by atoms with van der Waals surface area (Å²) < 4.78 is 26.1. The Bertz CT molecular complexity index is 1550.